The molecule has 0 unspecified atom stereocenters. The van der Waals surface area contributed by atoms with Gasteiger partial charge in [0.1, 0.15) is 12.1 Å². The molecule has 0 saturated carbocycles. The second-order valence-corrected chi connectivity index (χ2v) is 12.1. The number of benzene rings is 3. The van der Waals surface area contributed by atoms with Crippen LogP contribution in [-0.2, 0) is 6.42 Å². The molecule has 1 N–H and O–H groups in total. The zero-order chi connectivity index (χ0) is 32.0. The van der Waals surface area contributed by atoms with Crippen LogP contribution in [0.25, 0.3) is 17.1 Å². The Bertz CT molecular complexity index is 1640. The lowest BCUT2D eigenvalue weighted by Gasteiger charge is -2.32. The van der Waals surface area contributed by atoms with Crippen LogP contribution < -0.4 is 15.0 Å². The molecule has 0 radical (unpaired) electrons. The van der Waals surface area contributed by atoms with Crippen molar-refractivity contribution in [3.63, 3.8) is 0 Å². The van der Waals surface area contributed by atoms with E-state index in [1.54, 1.807) is 11.8 Å². The van der Waals surface area contributed by atoms with Crippen molar-refractivity contribution in [1.29, 1.82) is 0 Å². The highest BCUT2D eigenvalue weighted by atomic mass is 32.2. The zero-order valence-corrected chi connectivity index (χ0v) is 26.2. The molecule has 2 amide bonds. The number of urea groups is 1. The highest BCUT2D eigenvalue weighted by molar-refractivity contribution is 8.14. The van der Waals surface area contributed by atoms with E-state index >= 15 is 0 Å². The Kier molecular flexibility index (Phi) is 10.1. The Hall–Kier alpha value is -4.32. The molecule has 236 valence electrons. The monoisotopic (exact) mass is 636 g/mol. The largest absolute Gasteiger partial charge is 0.573 e. The SMILES string of the molecule is Cc1cccc(N2CCCSC2=NC(=O)NCCCc2ccc(-c3ncn(-c4ccc(OC(F)(F)F)cc4)n3)cc2)c1C(C)C. The predicted octanol–water partition coefficient (Wildman–Crippen LogP) is 7.91. The highest BCUT2D eigenvalue weighted by Gasteiger charge is 2.31. The van der Waals surface area contributed by atoms with E-state index < -0.39 is 6.36 Å². The van der Waals surface area contributed by atoms with E-state index in [0.717, 1.165) is 53.5 Å². The van der Waals surface area contributed by atoms with Gasteiger partial charge in [0.2, 0.25) is 0 Å². The number of aromatic nitrogens is 3. The number of halogens is 3. The lowest BCUT2D eigenvalue weighted by Crippen LogP contribution is -2.36. The number of alkyl halides is 3. The molecule has 45 heavy (non-hydrogen) atoms. The number of hydrogen-bond acceptors (Lipinski definition) is 5. The van der Waals surface area contributed by atoms with Crippen LogP contribution in [0.2, 0.25) is 0 Å². The van der Waals surface area contributed by atoms with Gasteiger partial charge in [0.25, 0.3) is 0 Å². The first-order chi connectivity index (χ1) is 21.6. The Labute approximate surface area is 264 Å². The summed E-state index contributed by atoms with van der Waals surface area (Å²) in [5.74, 6) is 1.49. The van der Waals surface area contributed by atoms with Crippen LogP contribution >= 0.6 is 11.8 Å². The first kappa shape index (κ1) is 32.1. The average Bonchev–Trinajstić information content (AvgIpc) is 3.50. The number of amides is 2. The minimum atomic E-state index is -4.74. The molecule has 4 aromatic rings. The van der Waals surface area contributed by atoms with E-state index in [1.165, 1.54) is 46.4 Å². The van der Waals surface area contributed by atoms with Crippen molar-refractivity contribution in [2.75, 3.05) is 23.7 Å². The number of carbonyl (C=O) groups excluding carboxylic acids is 1. The first-order valence-electron chi connectivity index (χ1n) is 14.8. The molecular formula is C33H35F3N6O2S. The van der Waals surface area contributed by atoms with Crippen molar-refractivity contribution in [3.05, 3.63) is 89.7 Å². The van der Waals surface area contributed by atoms with Crippen molar-refractivity contribution < 1.29 is 22.7 Å². The fourth-order valence-electron chi connectivity index (χ4n) is 5.28. The maximum Gasteiger partial charge on any atom is 0.573 e. The summed E-state index contributed by atoms with van der Waals surface area (Å²) in [6.07, 6.45) is -0.681. The van der Waals surface area contributed by atoms with Gasteiger partial charge in [-0.3, -0.25) is 0 Å². The van der Waals surface area contributed by atoms with Crippen molar-refractivity contribution in [1.82, 2.24) is 20.1 Å². The van der Waals surface area contributed by atoms with Gasteiger partial charge in [-0.2, -0.15) is 4.99 Å². The highest BCUT2D eigenvalue weighted by Crippen LogP contribution is 2.34. The molecular weight excluding hydrogens is 601 g/mol. The second-order valence-electron chi connectivity index (χ2n) is 11.0. The van der Waals surface area contributed by atoms with Gasteiger partial charge in [-0.05, 0) is 79.1 Å². The van der Waals surface area contributed by atoms with Gasteiger partial charge >= 0.3 is 12.4 Å². The van der Waals surface area contributed by atoms with Crippen molar-refractivity contribution in [3.8, 4) is 22.8 Å². The Morgan fingerprint density at radius 2 is 1.84 bits per heavy atom. The molecule has 1 saturated heterocycles. The maximum absolute atomic E-state index is 12.8. The van der Waals surface area contributed by atoms with E-state index in [9.17, 15) is 18.0 Å². The molecule has 12 heteroatoms. The number of nitrogens with zero attached hydrogens (tertiary/aromatic N) is 5. The fraction of sp³-hybridized carbons (Fsp3) is 0.333. The van der Waals surface area contributed by atoms with Crippen LogP contribution in [0.5, 0.6) is 5.75 Å². The molecule has 0 spiro atoms. The number of nitrogens with one attached hydrogen (secondary N) is 1. The standard InChI is InChI=1S/C33H35F3N6O2S/c1-22(2)29-23(3)7-4-9-28(29)41-19-6-20-45-32(41)39-31(43)37-18-5-8-24-10-12-25(13-11-24)30-38-21-42(40-30)26-14-16-27(17-15-26)44-33(34,35)36/h4,7,9-17,21-22H,5-6,8,18-20H2,1-3H3,(H,37,43). The summed E-state index contributed by atoms with van der Waals surface area (Å²) in [6.45, 7) is 7.85. The number of carbonyl (C=O) groups is 1. The van der Waals surface area contributed by atoms with E-state index in [0.29, 0.717) is 24.0 Å². The Morgan fingerprint density at radius 3 is 2.56 bits per heavy atom. The number of rotatable bonds is 9. The van der Waals surface area contributed by atoms with Crippen molar-refractivity contribution in [2.45, 2.75) is 52.3 Å². The van der Waals surface area contributed by atoms with Crippen LogP contribution in [0, 0.1) is 6.92 Å². The van der Waals surface area contributed by atoms with Crippen molar-refractivity contribution in [2.24, 2.45) is 4.99 Å². The van der Waals surface area contributed by atoms with E-state index in [-0.39, 0.29) is 11.8 Å². The third-order valence-electron chi connectivity index (χ3n) is 7.31. The number of hydrogen-bond donors (Lipinski definition) is 1. The predicted molar refractivity (Wildman–Crippen MR) is 172 cm³/mol. The first-order valence-corrected chi connectivity index (χ1v) is 15.8. The summed E-state index contributed by atoms with van der Waals surface area (Å²) in [7, 11) is 0. The van der Waals surface area contributed by atoms with E-state index in [4.69, 9.17) is 0 Å². The number of ether oxygens (including phenoxy) is 1. The smallest absolute Gasteiger partial charge is 0.406 e. The van der Waals surface area contributed by atoms with Crippen LogP contribution in [-0.4, -0.2) is 51.2 Å². The van der Waals surface area contributed by atoms with Crippen LogP contribution in [0.15, 0.2) is 78.0 Å². The van der Waals surface area contributed by atoms with Gasteiger partial charge in [0.05, 0.1) is 5.69 Å². The number of thioether (sulfide) groups is 1. The molecule has 2 heterocycles. The molecule has 1 aliphatic heterocycles. The number of aliphatic imine (C=N–C) groups is 1. The number of aryl methyl sites for hydroxylation is 2. The van der Waals surface area contributed by atoms with Crippen molar-refractivity contribution >= 4 is 28.6 Å². The molecule has 0 aliphatic carbocycles. The summed E-state index contributed by atoms with van der Waals surface area (Å²) in [5, 5.41) is 8.13. The Balaban J connectivity index is 1.13. The molecule has 1 fully saturated rings. The summed E-state index contributed by atoms with van der Waals surface area (Å²) in [4.78, 5) is 23.7. The lowest BCUT2D eigenvalue weighted by atomic mass is 9.95. The van der Waals surface area contributed by atoms with Gasteiger partial charge in [0.15, 0.2) is 11.0 Å². The minimum Gasteiger partial charge on any atom is -0.406 e. The number of anilines is 1. The number of amidine groups is 1. The normalized spacial score (nSPS) is 14.6. The molecule has 0 atom stereocenters. The average molecular weight is 637 g/mol. The summed E-state index contributed by atoms with van der Waals surface area (Å²) < 4.78 is 42.6. The van der Waals surface area contributed by atoms with Crippen LogP contribution in [0.4, 0.5) is 23.7 Å². The minimum absolute atomic E-state index is 0.303. The summed E-state index contributed by atoms with van der Waals surface area (Å²) >= 11 is 1.62. The lowest BCUT2D eigenvalue weighted by molar-refractivity contribution is -0.274. The summed E-state index contributed by atoms with van der Waals surface area (Å²) in [6, 6.07) is 19.2. The molecule has 1 aliphatic rings. The Morgan fingerprint density at radius 1 is 1.09 bits per heavy atom. The molecule has 0 bridgehead atoms. The topological polar surface area (TPSA) is 84.6 Å². The molecule has 1 aromatic heterocycles. The third-order valence-corrected chi connectivity index (χ3v) is 8.37. The fourth-order valence-corrected chi connectivity index (χ4v) is 6.23. The molecule has 5 rings (SSSR count). The molecule has 3 aromatic carbocycles. The van der Waals surface area contributed by atoms with Gasteiger partial charge in [0, 0.05) is 30.1 Å². The van der Waals surface area contributed by atoms with Gasteiger partial charge in [-0.15, -0.1) is 18.3 Å². The quantitative estimate of drug-likeness (QED) is 0.188. The third kappa shape index (κ3) is 8.44. The maximum atomic E-state index is 12.8. The van der Waals surface area contributed by atoms with Gasteiger partial charge in [-0.1, -0.05) is 62.0 Å². The van der Waals surface area contributed by atoms with E-state index in [1.807, 2.05) is 24.3 Å². The van der Waals surface area contributed by atoms with Crippen LogP contribution in [0.3, 0.4) is 0 Å². The zero-order valence-electron chi connectivity index (χ0n) is 25.3. The second kappa shape index (κ2) is 14.2. The molecule has 8 nitrogen and oxygen atoms in total. The van der Waals surface area contributed by atoms with E-state index in [2.05, 4.69) is 69.0 Å². The van der Waals surface area contributed by atoms with Crippen LogP contribution in [0.1, 0.15) is 49.3 Å². The van der Waals surface area contributed by atoms with Gasteiger partial charge in [-0.25, -0.2) is 14.5 Å². The van der Waals surface area contributed by atoms with Gasteiger partial charge < -0.3 is 15.0 Å². The summed E-state index contributed by atoms with van der Waals surface area (Å²) in [5.41, 5.74) is 6.13.